The summed E-state index contributed by atoms with van der Waals surface area (Å²) in [6.45, 7) is 3.47. The Kier molecular flexibility index (Phi) is 4.01. The molecule has 1 aromatic rings. The molecule has 0 spiro atoms. The Morgan fingerprint density at radius 3 is 2.48 bits per heavy atom. The minimum atomic E-state index is -4.53. The van der Waals surface area contributed by atoms with E-state index in [-0.39, 0.29) is 35.2 Å². The molecule has 0 aliphatic carbocycles. The second-order valence-corrected chi connectivity index (χ2v) is 5.98. The van der Waals surface area contributed by atoms with E-state index >= 15 is 0 Å². The number of thiol groups is 1. The number of carbonyl (C=O) groups is 1. The maximum atomic E-state index is 13.3. The van der Waals surface area contributed by atoms with Crippen LogP contribution in [0.2, 0.25) is 0 Å². The van der Waals surface area contributed by atoms with E-state index in [0.29, 0.717) is 0 Å². The SMILES string of the molecule is COCCN1C(=O)C(C)(C)c2c1cc(S)cc2C(F)(F)F. The van der Waals surface area contributed by atoms with E-state index in [0.717, 1.165) is 6.07 Å². The lowest BCUT2D eigenvalue weighted by molar-refractivity contribution is -0.139. The summed E-state index contributed by atoms with van der Waals surface area (Å²) in [6, 6.07) is 2.47. The number of hydrogen-bond donors (Lipinski definition) is 1. The van der Waals surface area contributed by atoms with Crippen molar-refractivity contribution >= 4 is 24.2 Å². The molecule has 21 heavy (non-hydrogen) atoms. The third kappa shape index (κ3) is 2.64. The number of benzene rings is 1. The third-order valence-electron chi connectivity index (χ3n) is 3.62. The molecule has 0 aromatic heterocycles. The Labute approximate surface area is 126 Å². The van der Waals surface area contributed by atoms with Crippen LogP contribution in [0.5, 0.6) is 0 Å². The van der Waals surface area contributed by atoms with Crippen molar-refractivity contribution in [3.05, 3.63) is 23.3 Å². The minimum absolute atomic E-state index is 0.00824. The second kappa shape index (κ2) is 5.21. The van der Waals surface area contributed by atoms with Crippen molar-refractivity contribution in [2.24, 2.45) is 0 Å². The predicted octanol–water partition coefficient (Wildman–Crippen LogP) is 3.26. The molecular weight excluding hydrogens is 303 g/mol. The Morgan fingerprint density at radius 1 is 1.33 bits per heavy atom. The van der Waals surface area contributed by atoms with E-state index in [9.17, 15) is 18.0 Å². The number of fused-ring (bicyclic) bond motifs is 1. The number of anilines is 1. The van der Waals surface area contributed by atoms with Gasteiger partial charge in [-0.3, -0.25) is 4.79 Å². The highest BCUT2D eigenvalue weighted by Gasteiger charge is 2.49. The van der Waals surface area contributed by atoms with E-state index in [1.165, 1.54) is 31.9 Å². The molecule has 0 radical (unpaired) electrons. The Balaban J connectivity index is 2.67. The lowest BCUT2D eigenvalue weighted by atomic mass is 9.83. The molecule has 1 aromatic carbocycles. The number of halogens is 3. The number of amides is 1. The molecule has 0 atom stereocenters. The number of hydrogen-bond acceptors (Lipinski definition) is 3. The van der Waals surface area contributed by atoms with Crippen LogP contribution >= 0.6 is 12.6 Å². The predicted molar refractivity (Wildman–Crippen MR) is 76.0 cm³/mol. The van der Waals surface area contributed by atoms with Gasteiger partial charge in [-0.15, -0.1) is 12.6 Å². The first-order chi connectivity index (χ1) is 9.60. The van der Waals surface area contributed by atoms with Gasteiger partial charge >= 0.3 is 6.18 Å². The Hall–Kier alpha value is -1.21. The lowest BCUT2D eigenvalue weighted by Gasteiger charge is -2.21. The van der Waals surface area contributed by atoms with Crippen molar-refractivity contribution in [2.45, 2.75) is 30.3 Å². The van der Waals surface area contributed by atoms with Crippen molar-refractivity contribution in [1.29, 1.82) is 0 Å². The van der Waals surface area contributed by atoms with Crippen LogP contribution in [0, 0.1) is 0 Å². The molecule has 0 saturated carbocycles. The van der Waals surface area contributed by atoms with Gasteiger partial charge in [-0.1, -0.05) is 0 Å². The van der Waals surface area contributed by atoms with Gasteiger partial charge in [0.15, 0.2) is 0 Å². The molecule has 2 rings (SSSR count). The van der Waals surface area contributed by atoms with Crippen molar-refractivity contribution in [1.82, 2.24) is 0 Å². The number of carbonyl (C=O) groups excluding carboxylic acids is 1. The van der Waals surface area contributed by atoms with E-state index in [4.69, 9.17) is 4.74 Å². The van der Waals surface area contributed by atoms with Crippen LogP contribution in [0.4, 0.5) is 18.9 Å². The first kappa shape index (κ1) is 16.2. The summed E-state index contributed by atoms with van der Waals surface area (Å²) >= 11 is 4.03. The van der Waals surface area contributed by atoms with Gasteiger partial charge in [0.05, 0.1) is 17.6 Å². The van der Waals surface area contributed by atoms with Crippen LogP contribution in [0.3, 0.4) is 0 Å². The molecule has 0 bridgehead atoms. The number of methoxy groups -OCH3 is 1. The zero-order valence-electron chi connectivity index (χ0n) is 11.9. The zero-order chi connectivity index (χ0) is 16.0. The number of rotatable bonds is 3. The third-order valence-corrected chi connectivity index (χ3v) is 3.88. The van der Waals surface area contributed by atoms with E-state index in [2.05, 4.69) is 12.6 Å². The quantitative estimate of drug-likeness (QED) is 0.867. The summed E-state index contributed by atoms with van der Waals surface area (Å²) in [5.41, 5.74) is -1.76. The summed E-state index contributed by atoms with van der Waals surface area (Å²) in [5, 5.41) is 0. The smallest absolute Gasteiger partial charge is 0.383 e. The second-order valence-electron chi connectivity index (χ2n) is 5.46. The molecule has 3 nitrogen and oxygen atoms in total. The Bertz CT molecular complexity index is 584. The van der Waals surface area contributed by atoms with Crippen LogP contribution in [-0.2, 0) is 21.1 Å². The van der Waals surface area contributed by atoms with Gasteiger partial charge in [0, 0.05) is 29.8 Å². The van der Waals surface area contributed by atoms with Crippen LogP contribution in [-0.4, -0.2) is 26.2 Å². The summed E-state index contributed by atoms with van der Waals surface area (Å²) in [6.07, 6.45) is -4.53. The Morgan fingerprint density at radius 2 is 1.95 bits per heavy atom. The maximum Gasteiger partial charge on any atom is 0.416 e. The fourth-order valence-electron chi connectivity index (χ4n) is 2.66. The summed E-state index contributed by atoms with van der Waals surface area (Å²) < 4.78 is 44.8. The van der Waals surface area contributed by atoms with Crippen molar-refractivity contribution in [3.8, 4) is 0 Å². The fraction of sp³-hybridized carbons (Fsp3) is 0.500. The number of ether oxygens (including phenoxy) is 1. The average Bonchev–Trinajstić information content (AvgIpc) is 2.54. The molecule has 0 saturated heterocycles. The van der Waals surface area contributed by atoms with E-state index in [1.54, 1.807) is 0 Å². The summed E-state index contributed by atoms with van der Waals surface area (Å²) in [5.74, 6) is -0.362. The first-order valence-corrected chi connectivity index (χ1v) is 6.81. The van der Waals surface area contributed by atoms with Crippen LogP contribution in [0.25, 0.3) is 0 Å². The van der Waals surface area contributed by atoms with Gasteiger partial charge in [0.1, 0.15) is 0 Å². The minimum Gasteiger partial charge on any atom is -0.383 e. The molecule has 1 amide bonds. The molecule has 1 aliphatic heterocycles. The highest BCUT2D eigenvalue weighted by molar-refractivity contribution is 7.80. The van der Waals surface area contributed by atoms with Crippen molar-refractivity contribution < 1.29 is 22.7 Å². The van der Waals surface area contributed by atoms with Gasteiger partial charge in [-0.25, -0.2) is 0 Å². The normalized spacial score (nSPS) is 17.3. The molecule has 116 valence electrons. The average molecular weight is 319 g/mol. The van der Waals surface area contributed by atoms with Gasteiger partial charge in [0.25, 0.3) is 0 Å². The molecule has 1 aliphatic rings. The van der Waals surface area contributed by atoms with Gasteiger partial charge < -0.3 is 9.64 Å². The van der Waals surface area contributed by atoms with Crippen LogP contribution in [0.15, 0.2) is 17.0 Å². The molecule has 0 N–H and O–H groups in total. The topological polar surface area (TPSA) is 29.5 Å². The monoisotopic (exact) mass is 319 g/mol. The molecule has 0 unspecified atom stereocenters. The summed E-state index contributed by atoms with van der Waals surface area (Å²) in [7, 11) is 1.47. The standard InChI is InChI=1S/C14H16F3NO2S/c1-13(2)11-9(14(15,16)17)6-8(21)7-10(11)18(12(13)19)4-5-20-3/h6-7,21H,4-5H2,1-3H3. The van der Waals surface area contributed by atoms with E-state index < -0.39 is 17.2 Å². The van der Waals surface area contributed by atoms with Crippen molar-refractivity contribution in [2.75, 3.05) is 25.2 Å². The van der Waals surface area contributed by atoms with Crippen LogP contribution in [0.1, 0.15) is 25.0 Å². The highest BCUT2D eigenvalue weighted by atomic mass is 32.1. The lowest BCUT2D eigenvalue weighted by Crippen LogP contribution is -2.38. The van der Waals surface area contributed by atoms with Gasteiger partial charge in [-0.05, 0) is 26.0 Å². The van der Waals surface area contributed by atoms with Gasteiger partial charge in [-0.2, -0.15) is 13.2 Å². The van der Waals surface area contributed by atoms with Gasteiger partial charge in [0.2, 0.25) is 5.91 Å². The zero-order valence-corrected chi connectivity index (χ0v) is 12.8. The number of alkyl halides is 3. The van der Waals surface area contributed by atoms with Crippen molar-refractivity contribution in [3.63, 3.8) is 0 Å². The van der Waals surface area contributed by atoms with Crippen LogP contribution < -0.4 is 4.90 Å². The molecule has 0 fully saturated rings. The summed E-state index contributed by atoms with van der Waals surface area (Å²) in [4.78, 5) is 14.0. The first-order valence-electron chi connectivity index (χ1n) is 6.36. The maximum absolute atomic E-state index is 13.3. The number of nitrogens with zero attached hydrogens (tertiary/aromatic N) is 1. The fourth-order valence-corrected chi connectivity index (χ4v) is 2.91. The molecular formula is C14H16F3NO2S. The molecule has 1 heterocycles. The highest BCUT2D eigenvalue weighted by Crippen LogP contribution is 2.49. The molecule has 7 heteroatoms. The van der Waals surface area contributed by atoms with E-state index in [1.807, 2.05) is 0 Å². The largest absolute Gasteiger partial charge is 0.416 e.